The lowest BCUT2D eigenvalue weighted by Crippen LogP contribution is -1.90. The number of rotatable bonds is 5. The summed E-state index contributed by atoms with van der Waals surface area (Å²) >= 11 is 4.22. The Kier molecular flexibility index (Phi) is 8.10. The van der Waals surface area contributed by atoms with E-state index in [0.717, 1.165) is 12.2 Å². The minimum Gasteiger partial charge on any atom is -0.175 e. The average molecular weight is 236 g/mol. The third-order valence-electron chi connectivity index (χ3n) is 2.81. The summed E-state index contributed by atoms with van der Waals surface area (Å²) in [5.74, 6) is 0.783. The summed E-state index contributed by atoms with van der Waals surface area (Å²) in [6.07, 6.45) is 9.62. The summed E-state index contributed by atoms with van der Waals surface area (Å²) < 4.78 is 0. The van der Waals surface area contributed by atoms with Gasteiger partial charge in [-0.25, -0.2) is 0 Å². The third-order valence-corrected chi connectivity index (χ3v) is 3.02. The predicted octanol–water partition coefficient (Wildman–Crippen LogP) is 5.11. The quantitative estimate of drug-likeness (QED) is 0.497. The van der Waals surface area contributed by atoms with Gasteiger partial charge in [-0.2, -0.15) is 12.6 Å². The molecule has 0 aliphatic rings. The Hall–Kier alpha value is -0.690. The van der Waals surface area contributed by atoms with E-state index >= 15 is 0 Å². The molecule has 0 saturated heterocycles. The third kappa shape index (κ3) is 4.89. The molecule has 0 atom stereocenters. The highest BCUT2D eigenvalue weighted by Gasteiger charge is 2.02. The molecule has 0 N–H and O–H groups in total. The zero-order valence-electron chi connectivity index (χ0n) is 11.2. The first kappa shape index (κ1) is 15.3. The number of allylic oxidation sites excluding steroid dienone is 7. The van der Waals surface area contributed by atoms with Gasteiger partial charge in [0.05, 0.1) is 0 Å². The van der Waals surface area contributed by atoms with Crippen LogP contribution in [0.25, 0.3) is 0 Å². The molecule has 0 radical (unpaired) electrons. The molecule has 0 aliphatic heterocycles. The van der Waals surface area contributed by atoms with Gasteiger partial charge < -0.3 is 0 Å². The maximum atomic E-state index is 4.22. The van der Waals surface area contributed by atoms with Gasteiger partial charge >= 0.3 is 0 Å². The Bertz CT molecular complexity index is 327. The lowest BCUT2D eigenvalue weighted by atomic mass is 9.96. The van der Waals surface area contributed by atoms with Gasteiger partial charge in [-0.1, -0.05) is 36.8 Å². The van der Waals surface area contributed by atoms with Crippen LogP contribution in [0.1, 0.15) is 41.0 Å². The maximum Gasteiger partial charge on any atom is 0.00858 e. The van der Waals surface area contributed by atoms with Crippen LogP contribution in [0.15, 0.2) is 46.6 Å². The van der Waals surface area contributed by atoms with Crippen LogP contribution in [0, 0.1) is 0 Å². The van der Waals surface area contributed by atoms with Crippen LogP contribution in [-0.2, 0) is 0 Å². The van der Waals surface area contributed by atoms with Crippen LogP contribution < -0.4 is 0 Å². The van der Waals surface area contributed by atoms with Gasteiger partial charge in [-0.15, -0.1) is 0 Å². The van der Waals surface area contributed by atoms with Gasteiger partial charge in [0.1, 0.15) is 0 Å². The van der Waals surface area contributed by atoms with Crippen LogP contribution in [0.5, 0.6) is 0 Å². The zero-order valence-corrected chi connectivity index (χ0v) is 12.1. The molecule has 0 nitrogen and oxygen atoms in total. The molecule has 0 unspecified atom stereocenters. The predicted molar refractivity (Wildman–Crippen MR) is 79.2 cm³/mol. The number of hydrogen-bond acceptors (Lipinski definition) is 1. The standard InChI is InChI=1S/C15H24S/c1-6-9-13(4)15(10-8-11-16)14(5)12(3)7-2/h6,8-10,16H,7,11H2,1-5H3/b9-6-,10-8+,14-12+,15-13+. The zero-order chi connectivity index (χ0) is 12.6. The van der Waals surface area contributed by atoms with Crippen molar-refractivity contribution in [2.45, 2.75) is 41.0 Å². The van der Waals surface area contributed by atoms with Crippen LogP contribution in [0.2, 0.25) is 0 Å². The van der Waals surface area contributed by atoms with Crippen molar-refractivity contribution in [2.24, 2.45) is 0 Å². The molecule has 0 rings (SSSR count). The van der Waals surface area contributed by atoms with Crippen molar-refractivity contribution in [1.29, 1.82) is 0 Å². The molecular formula is C15H24S. The van der Waals surface area contributed by atoms with E-state index < -0.39 is 0 Å². The second-order valence-electron chi connectivity index (χ2n) is 3.94. The molecule has 0 aromatic carbocycles. The maximum absolute atomic E-state index is 4.22. The molecule has 0 fully saturated rings. The monoisotopic (exact) mass is 236 g/mol. The number of hydrogen-bond donors (Lipinski definition) is 1. The van der Waals surface area contributed by atoms with Crippen molar-refractivity contribution in [3.8, 4) is 0 Å². The SMILES string of the molecule is C\C=C/C(C)=C(\C=C\CS)C(/C)=C(\C)CC. The Balaban J connectivity index is 5.42. The smallest absolute Gasteiger partial charge is 0.00858 e. The Morgan fingerprint density at radius 1 is 1.12 bits per heavy atom. The van der Waals surface area contributed by atoms with Crippen molar-refractivity contribution in [1.82, 2.24) is 0 Å². The normalized spacial score (nSPS) is 15.6. The van der Waals surface area contributed by atoms with Gasteiger partial charge in [0, 0.05) is 5.75 Å². The van der Waals surface area contributed by atoms with Gasteiger partial charge in [0.2, 0.25) is 0 Å². The second kappa shape index (κ2) is 8.46. The van der Waals surface area contributed by atoms with Gasteiger partial charge in [-0.3, -0.25) is 0 Å². The van der Waals surface area contributed by atoms with E-state index in [4.69, 9.17) is 0 Å². The Morgan fingerprint density at radius 2 is 1.75 bits per heavy atom. The second-order valence-corrected chi connectivity index (χ2v) is 4.31. The fourth-order valence-corrected chi connectivity index (χ4v) is 1.66. The molecule has 0 amide bonds. The van der Waals surface area contributed by atoms with Crippen LogP contribution in [0.4, 0.5) is 0 Å². The summed E-state index contributed by atoms with van der Waals surface area (Å²) in [4.78, 5) is 0. The first-order valence-electron chi connectivity index (χ1n) is 5.86. The molecule has 0 aromatic rings. The fourth-order valence-electron chi connectivity index (χ4n) is 1.56. The van der Waals surface area contributed by atoms with Crippen LogP contribution in [-0.4, -0.2) is 5.75 Å². The van der Waals surface area contributed by atoms with Crippen LogP contribution >= 0.6 is 12.6 Å². The van der Waals surface area contributed by atoms with E-state index in [1.54, 1.807) is 0 Å². The average Bonchev–Trinajstić information content (AvgIpc) is 2.28. The Labute approximate surface area is 106 Å². The van der Waals surface area contributed by atoms with E-state index in [2.05, 4.69) is 71.6 Å². The molecule has 0 aromatic heterocycles. The minimum absolute atomic E-state index is 0.783. The van der Waals surface area contributed by atoms with Crippen molar-refractivity contribution < 1.29 is 0 Å². The van der Waals surface area contributed by atoms with Crippen LogP contribution in [0.3, 0.4) is 0 Å². The first-order chi connectivity index (χ1) is 7.58. The fraction of sp³-hybridized carbons (Fsp3) is 0.467. The minimum atomic E-state index is 0.783. The molecule has 0 saturated carbocycles. The first-order valence-corrected chi connectivity index (χ1v) is 6.49. The molecular weight excluding hydrogens is 212 g/mol. The van der Waals surface area contributed by atoms with Crippen molar-refractivity contribution in [3.63, 3.8) is 0 Å². The molecule has 0 bridgehead atoms. The highest BCUT2D eigenvalue weighted by atomic mass is 32.1. The van der Waals surface area contributed by atoms with Crippen molar-refractivity contribution in [3.05, 3.63) is 46.6 Å². The highest BCUT2D eigenvalue weighted by Crippen LogP contribution is 2.22. The van der Waals surface area contributed by atoms with E-state index in [0.29, 0.717) is 0 Å². The van der Waals surface area contributed by atoms with E-state index in [1.165, 1.54) is 22.3 Å². The number of thiol groups is 1. The summed E-state index contributed by atoms with van der Waals surface area (Å²) in [6, 6.07) is 0. The molecule has 0 heterocycles. The van der Waals surface area contributed by atoms with Gasteiger partial charge in [-0.05, 0) is 50.8 Å². The van der Waals surface area contributed by atoms with E-state index in [-0.39, 0.29) is 0 Å². The summed E-state index contributed by atoms with van der Waals surface area (Å²) in [7, 11) is 0. The molecule has 0 aliphatic carbocycles. The van der Waals surface area contributed by atoms with Gasteiger partial charge in [0.25, 0.3) is 0 Å². The lowest BCUT2D eigenvalue weighted by molar-refractivity contribution is 1.06. The molecule has 0 spiro atoms. The summed E-state index contributed by atoms with van der Waals surface area (Å²) in [6.45, 7) is 10.8. The molecule has 1 heteroatoms. The van der Waals surface area contributed by atoms with Crippen molar-refractivity contribution in [2.75, 3.05) is 5.75 Å². The van der Waals surface area contributed by atoms with Gasteiger partial charge in [0.15, 0.2) is 0 Å². The Morgan fingerprint density at radius 3 is 2.19 bits per heavy atom. The molecule has 90 valence electrons. The molecule has 16 heavy (non-hydrogen) atoms. The highest BCUT2D eigenvalue weighted by molar-refractivity contribution is 7.80. The van der Waals surface area contributed by atoms with Crippen molar-refractivity contribution >= 4 is 12.6 Å². The largest absolute Gasteiger partial charge is 0.175 e. The topological polar surface area (TPSA) is 0 Å². The summed E-state index contributed by atoms with van der Waals surface area (Å²) in [5, 5.41) is 0. The van der Waals surface area contributed by atoms with E-state index in [1.807, 2.05) is 0 Å². The summed E-state index contributed by atoms with van der Waals surface area (Å²) in [5.41, 5.74) is 5.47. The van der Waals surface area contributed by atoms with E-state index in [9.17, 15) is 0 Å². The lowest BCUT2D eigenvalue weighted by Gasteiger charge is -2.10.